The SMILES string of the molecule is CCOC(=O)c1cc2c(-c3ccccc3)nn(-c3ccccc3)c2nc1C(C#N)C1=NC(=O)CS1. The zero-order valence-corrected chi connectivity index (χ0v) is 19.5. The lowest BCUT2D eigenvalue weighted by atomic mass is 9.99. The van der Waals surface area contributed by atoms with Gasteiger partial charge in [-0.15, -0.1) is 0 Å². The quantitative estimate of drug-likeness (QED) is 0.372. The number of nitrogens with zero attached hydrogens (tertiary/aromatic N) is 5. The van der Waals surface area contributed by atoms with E-state index >= 15 is 0 Å². The fourth-order valence-electron chi connectivity index (χ4n) is 3.91. The Bertz CT molecular complexity index is 1510. The number of para-hydroxylation sites is 1. The summed E-state index contributed by atoms with van der Waals surface area (Å²) < 4.78 is 7.00. The van der Waals surface area contributed by atoms with Gasteiger partial charge in [-0.25, -0.2) is 19.5 Å². The second-order valence-corrected chi connectivity index (χ2v) is 8.66. The van der Waals surface area contributed by atoms with Gasteiger partial charge in [0.2, 0.25) is 0 Å². The van der Waals surface area contributed by atoms with Gasteiger partial charge in [0.15, 0.2) is 5.65 Å². The normalized spacial score (nSPS) is 13.9. The minimum atomic E-state index is -0.991. The van der Waals surface area contributed by atoms with Crippen LogP contribution in [0.15, 0.2) is 71.7 Å². The van der Waals surface area contributed by atoms with Gasteiger partial charge < -0.3 is 4.74 Å². The predicted molar refractivity (Wildman–Crippen MR) is 134 cm³/mol. The second-order valence-electron chi connectivity index (χ2n) is 7.67. The van der Waals surface area contributed by atoms with Crippen LogP contribution < -0.4 is 0 Å². The molecule has 8 nitrogen and oxygen atoms in total. The molecule has 0 radical (unpaired) electrons. The van der Waals surface area contributed by atoms with Gasteiger partial charge in [0.25, 0.3) is 5.91 Å². The molecule has 1 aliphatic rings. The molecule has 1 amide bonds. The molecule has 0 spiro atoms. The van der Waals surface area contributed by atoms with Gasteiger partial charge in [0.05, 0.1) is 35.4 Å². The van der Waals surface area contributed by atoms with Gasteiger partial charge in [-0.2, -0.15) is 10.4 Å². The predicted octanol–water partition coefficient (Wildman–Crippen LogP) is 4.54. The van der Waals surface area contributed by atoms with Crippen LogP contribution >= 0.6 is 11.8 Å². The van der Waals surface area contributed by atoms with Gasteiger partial charge in [-0.1, -0.05) is 60.3 Å². The maximum atomic E-state index is 13.0. The molecule has 35 heavy (non-hydrogen) atoms. The molecule has 9 heteroatoms. The number of amides is 1. The average molecular weight is 482 g/mol. The molecule has 1 unspecified atom stereocenters. The Balaban J connectivity index is 1.82. The number of thioether (sulfide) groups is 1. The van der Waals surface area contributed by atoms with E-state index in [4.69, 9.17) is 14.8 Å². The number of pyridine rings is 1. The van der Waals surface area contributed by atoms with E-state index in [2.05, 4.69) is 11.1 Å². The summed E-state index contributed by atoms with van der Waals surface area (Å²) in [5, 5.41) is 15.8. The average Bonchev–Trinajstić information content (AvgIpc) is 3.49. The Labute approximate surface area is 205 Å². The van der Waals surface area contributed by atoms with Crippen LogP contribution in [-0.2, 0) is 9.53 Å². The van der Waals surface area contributed by atoms with Crippen LogP contribution in [0.3, 0.4) is 0 Å². The van der Waals surface area contributed by atoms with Crippen LogP contribution in [-0.4, -0.2) is 44.0 Å². The molecule has 1 atom stereocenters. The van der Waals surface area contributed by atoms with Crippen molar-refractivity contribution in [3.8, 4) is 23.0 Å². The summed E-state index contributed by atoms with van der Waals surface area (Å²) in [4.78, 5) is 33.6. The lowest BCUT2D eigenvalue weighted by molar-refractivity contribution is -0.115. The number of ether oxygens (including phenoxy) is 1. The van der Waals surface area contributed by atoms with E-state index in [1.165, 1.54) is 11.8 Å². The van der Waals surface area contributed by atoms with Gasteiger partial charge in [0, 0.05) is 10.9 Å². The van der Waals surface area contributed by atoms with Crippen molar-refractivity contribution in [2.45, 2.75) is 12.8 Å². The summed E-state index contributed by atoms with van der Waals surface area (Å²) in [6, 6.07) is 23.0. The molecule has 0 bridgehead atoms. The number of hydrogen-bond acceptors (Lipinski definition) is 7. The first-order valence-corrected chi connectivity index (χ1v) is 11.9. The first kappa shape index (κ1) is 22.5. The van der Waals surface area contributed by atoms with Gasteiger partial charge in [-0.05, 0) is 25.1 Å². The maximum Gasteiger partial charge on any atom is 0.340 e. The number of carbonyl (C=O) groups is 2. The van der Waals surface area contributed by atoms with Gasteiger partial charge in [-0.3, -0.25) is 4.79 Å². The van der Waals surface area contributed by atoms with Crippen molar-refractivity contribution in [3.05, 3.63) is 78.0 Å². The number of rotatable bonds is 6. The first-order chi connectivity index (χ1) is 17.1. The lowest BCUT2D eigenvalue weighted by Gasteiger charge is -2.13. The molecule has 0 saturated carbocycles. The van der Waals surface area contributed by atoms with Gasteiger partial charge >= 0.3 is 5.97 Å². The van der Waals surface area contributed by atoms with E-state index in [1.807, 2.05) is 60.7 Å². The Morgan fingerprint density at radius 1 is 1.17 bits per heavy atom. The highest BCUT2D eigenvalue weighted by Gasteiger charge is 2.32. The summed E-state index contributed by atoms with van der Waals surface area (Å²) in [6.45, 7) is 1.88. The van der Waals surface area contributed by atoms with E-state index in [-0.39, 0.29) is 29.5 Å². The van der Waals surface area contributed by atoms with Crippen LogP contribution in [0.25, 0.3) is 28.0 Å². The number of fused-ring (bicyclic) bond motifs is 1. The summed E-state index contributed by atoms with van der Waals surface area (Å²) in [6.07, 6.45) is 0. The van der Waals surface area contributed by atoms with Crippen molar-refractivity contribution in [3.63, 3.8) is 0 Å². The molecular formula is C26H19N5O3S. The van der Waals surface area contributed by atoms with Crippen LogP contribution in [0.1, 0.15) is 28.9 Å². The summed E-state index contributed by atoms with van der Waals surface area (Å²) in [7, 11) is 0. The molecule has 2 aromatic carbocycles. The fourth-order valence-corrected chi connectivity index (χ4v) is 4.74. The third-order valence-corrected chi connectivity index (χ3v) is 6.47. The zero-order chi connectivity index (χ0) is 24.4. The van der Waals surface area contributed by atoms with Crippen LogP contribution in [0, 0.1) is 11.3 Å². The topological polar surface area (TPSA) is 110 Å². The third kappa shape index (κ3) is 4.20. The Morgan fingerprint density at radius 3 is 2.51 bits per heavy atom. The largest absolute Gasteiger partial charge is 0.462 e. The van der Waals surface area contributed by atoms with Crippen LogP contribution in [0.2, 0.25) is 0 Å². The number of carbonyl (C=O) groups excluding carboxylic acids is 2. The van der Waals surface area contributed by atoms with Crippen molar-refractivity contribution in [2.24, 2.45) is 4.99 Å². The molecular weight excluding hydrogens is 462 g/mol. The molecule has 3 heterocycles. The van der Waals surface area contributed by atoms with E-state index in [1.54, 1.807) is 17.7 Å². The van der Waals surface area contributed by atoms with E-state index in [0.717, 1.165) is 11.3 Å². The van der Waals surface area contributed by atoms with E-state index in [9.17, 15) is 14.9 Å². The third-order valence-electron chi connectivity index (χ3n) is 5.46. The van der Waals surface area contributed by atoms with Crippen molar-refractivity contribution >= 4 is 39.7 Å². The standard InChI is InChI=1S/C26H19N5O3S/c1-2-34-26(33)19-13-18-22(16-9-5-3-6-10-16)30-31(17-11-7-4-8-12-17)24(18)29-23(19)20(14-27)25-28-21(32)15-35-25/h3-13,20H,2,15H2,1H3. The van der Waals surface area contributed by atoms with Gasteiger partial charge in [0.1, 0.15) is 16.7 Å². The summed E-state index contributed by atoms with van der Waals surface area (Å²) >= 11 is 1.18. The Morgan fingerprint density at radius 2 is 1.89 bits per heavy atom. The van der Waals surface area contributed by atoms with Crippen LogP contribution in [0.4, 0.5) is 0 Å². The maximum absolute atomic E-state index is 13.0. The minimum absolute atomic E-state index is 0.151. The summed E-state index contributed by atoms with van der Waals surface area (Å²) in [5.74, 6) is -1.75. The molecule has 0 aliphatic carbocycles. The molecule has 0 saturated heterocycles. The van der Waals surface area contributed by atoms with Crippen molar-refractivity contribution in [2.75, 3.05) is 12.4 Å². The zero-order valence-electron chi connectivity index (χ0n) is 18.7. The number of nitriles is 1. The second kappa shape index (κ2) is 9.52. The lowest BCUT2D eigenvalue weighted by Crippen LogP contribution is -2.16. The molecule has 4 aromatic rings. The van der Waals surface area contributed by atoms with E-state index < -0.39 is 11.9 Å². The number of aromatic nitrogens is 3. The number of esters is 1. The molecule has 1 aliphatic heterocycles. The molecule has 0 N–H and O–H groups in total. The smallest absolute Gasteiger partial charge is 0.340 e. The number of hydrogen-bond donors (Lipinski definition) is 0. The monoisotopic (exact) mass is 481 g/mol. The molecule has 2 aromatic heterocycles. The molecule has 172 valence electrons. The van der Waals surface area contributed by atoms with E-state index in [0.29, 0.717) is 21.8 Å². The molecule has 0 fully saturated rings. The Hall–Kier alpha value is -4.29. The molecule has 5 rings (SSSR count). The minimum Gasteiger partial charge on any atom is -0.462 e. The van der Waals surface area contributed by atoms with Crippen molar-refractivity contribution in [1.29, 1.82) is 5.26 Å². The van der Waals surface area contributed by atoms with Crippen molar-refractivity contribution < 1.29 is 14.3 Å². The summed E-state index contributed by atoms with van der Waals surface area (Å²) in [5.41, 5.74) is 3.10. The number of benzene rings is 2. The van der Waals surface area contributed by atoms with Crippen LogP contribution in [0.5, 0.6) is 0 Å². The highest BCUT2D eigenvalue weighted by molar-refractivity contribution is 8.15. The first-order valence-electron chi connectivity index (χ1n) is 11.0. The number of aliphatic imine (C=N–C) groups is 1. The fraction of sp³-hybridized carbons (Fsp3) is 0.154. The highest BCUT2D eigenvalue weighted by atomic mass is 32.2. The highest BCUT2D eigenvalue weighted by Crippen LogP contribution is 2.35. The Kier molecular flexibility index (Phi) is 6.12. The van der Waals surface area contributed by atoms with Crippen molar-refractivity contribution in [1.82, 2.24) is 14.8 Å².